The standard InChI is InChI=1S/C20H33N3O3.HI/c1-5-25-18-14-16(9-10-17(18)24-4)8-6-12-22-19(21-3)23-15-20(2)11-7-13-26-20;/h9-10,14H,5-8,11-13,15H2,1-4H3,(H2,21,22,23);1H. The highest BCUT2D eigenvalue weighted by Crippen LogP contribution is 2.28. The molecular weight excluding hydrogens is 457 g/mol. The Kier molecular flexibility index (Phi) is 10.8. The van der Waals surface area contributed by atoms with Gasteiger partial charge in [0.15, 0.2) is 17.5 Å². The van der Waals surface area contributed by atoms with E-state index in [0.717, 1.165) is 62.8 Å². The molecule has 1 aliphatic heterocycles. The molecule has 0 aromatic heterocycles. The van der Waals surface area contributed by atoms with Gasteiger partial charge in [0.2, 0.25) is 0 Å². The predicted octanol–water partition coefficient (Wildman–Crippen LogP) is 3.38. The van der Waals surface area contributed by atoms with Crippen LogP contribution in [0.25, 0.3) is 0 Å². The summed E-state index contributed by atoms with van der Waals surface area (Å²) in [6, 6.07) is 6.12. The molecule has 1 heterocycles. The normalized spacial score (nSPS) is 19.3. The molecule has 2 N–H and O–H groups in total. The summed E-state index contributed by atoms with van der Waals surface area (Å²) in [4.78, 5) is 4.29. The number of rotatable bonds is 9. The average Bonchev–Trinajstić information content (AvgIpc) is 3.08. The second-order valence-electron chi connectivity index (χ2n) is 6.78. The molecule has 0 aliphatic carbocycles. The van der Waals surface area contributed by atoms with Crippen LogP contribution in [-0.4, -0.2) is 52.0 Å². The van der Waals surface area contributed by atoms with Crippen molar-refractivity contribution in [2.45, 2.75) is 45.1 Å². The van der Waals surface area contributed by atoms with Gasteiger partial charge in [0, 0.05) is 26.7 Å². The Morgan fingerprint density at radius 3 is 2.74 bits per heavy atom. The van der Waals surface area contributed by atoms with Gasteiger partial charge < -0.3 is 24.8 Å². The molecule has 0 saturated carbocycles. The second kappa shape index (κ2) is 12.3. The highest BCUT2D eigenvalue weighted by atomic mass is 127. The highest BCUT2D eigenvalue weighted by molar-refractivity contribution is 14.0. The first-order valence-electron chi connectivity index (χ1n) is 9.48. The van der Waals surface area contributed by atoms with Gasteiger partial charge in [-0.1, -0.05) is 6.07 Å². The number of benzene rings is 1. The van der Waals surface area contributed by atoms with Gasteiger partial charge in [-0.2, -0.15) is 0 Å². The second-order valence-corrected chi connectivity index (χ2v) is 6.78. The highest BCUT2D eigenvalue weighted by Gasteiger charge is 2.29. The number of halogens is 1. The maximum Gasteiger partial charge on any atom is 0.191 e. The van der Waals surface area contributed by atoms with Crippen molar-refractivity contribution in [2.75, 3.05) is 40.5 Å². The van der Waals surface area contributed by atoms with Gasteiger partial charge >= 0.3 is 0 Å². The van der Waals surface area contributed by atoms with Gasteiger partial charge in [-0.15, -0.1) is 24.0 Å². The summed E-state index contributed by atoms with van der Waals surface area (Å²) in [6.07, 6.45) is 4.20. The monoisotopic (exact) mass is 491 g/mol. The fourth-order valence-corrected chi connectivity index (χ4v) is 3.11. The Balaban J connectivity index is 0.00000364. The molecule has 1 aromatic carbocycles. The lowest BCUT2D eigenvalue weighted by atomic mass is 10.0. The topological polar surface area (TPSA) is 64.1 Å². The van der Waals surface area contributed by atoms with Crippen molar-refractivity contribution in [3.8, 4) is 11.5 Å². The van der Waals surface area contributed by atoms with E-state index in [-0.39, 0.29) is 29.6 Å². The number of nitrogens with one attached hydrogen (secondary N) is 2. The van der Waals surface area contributed by atoms with Gasteiger partial charge in [-0.05, 0) is 57.2 Å². The van der Waals surface area contributed by atoms with Crippen molar-refractivity contribution in [2.24, 2.45) is 4.99 Å². The first-order chi connectivity index (χ1) is 12.6. The van der Waals surface area contributed by atoms with Crippen molar-refractivity contribution in [3.63, 3.8) is 0 Å². The summed E-state index contributed by atoms with van der Waals surface area (Å²) in [7, 11) is 3.46. The van der Waals surface area contributed by atoms with Gasteiger partial charge in [-0.3, -0.25) is 4.99 Å². The minimum Gasteiger partial charge on any atom is -0.493 e. The summed E-state index contributed by atoms with van der Waals surface area (Å²) in [5.74, 6) is 2.41. The predicted molar refractivity (Wildman–Crippen MR) is 121 cm³/mol. The summed E-state index contributed by atoms with van der Waals surface area (Å²) < 4.78 is 16.8. The van der Waals surface area contributed by atoms with Gasteiger partial charge in [-0.25, -0.2) is 0 Å². The van der Waals surface area contributed by atoms with Crippen LogP contribution in [0.5, 0.6) is 11.5 Å². The van der Waals surface area contributed by atoms with Crippen LogP contribution in [-0.2, 0) is 11.2 Å². The van der Waals surface area contributed by atoms with Crippen LogP contribution in [0.2, 0.25) is 0 Å². The number of aryl methyl sites for hydroxylation is 1. The van der Waals surface area contributed by atoms with Crippen LogP contribution in [0.1, 0.15) is 38.7 Å². The quantitative estimate of drug-likeness (QED) is 0.240. The van der Waals surface area contributed by atoms with Gasteiger partial charge in [0.05, 0.1) is 19.3 Å². The Hall–Kier alpha value is -1.22. The average molecular weight is 491 g/mol. The van der Waals surface area contributed by atoms with Crippen LogP contribution >= 0.6 is 24.0 Å². The number of methoxy groups -OCH3 is 1. The molecule has 0 radical (unpaired) electrons. The molecular formula is C20H34IN3O3. The minimum absolute atomic E-state index is 0. The zero-order valence-corrected chi connectivity index (χ0v) is 19.3. The molecule has 0 bridgehead atoms. The van der Waals surface area contributed by atoms with Crippen molar-refractivity contribution >= 4 is 29.9 Å². The Bertz CT molecular complexity index is 590. The zero-order valence-electron chi connectivity index (χ0n) is 17.0. The lowest BCUT2D eigenvalue weighted by Crippen LogP contribution is -2.45. The smallest absolute Gasteiger partial charge is 0.191 e. The Labute approximate surface area is 180 Å². The lowest BCUT2D eigenvalue weighted by molar-refractivity contribution is 0.0243. The molecule has 1 unspecified atom stereocenters. The largest absolute Gasteiger partial charge is 0.493 e. The number of nitrogens with zero attached hydrogens (tertiary/aromatic N) is 1. The van der Waals surface area contributed by atoms with E-state index in [2.05, 4.69) is 34.7 Å². The number of hydrogen-bond donors (Lipinski definition) is 2. The van der Waals surface area contributed by atoms with Crippen LogP contribution < -0.4 is 20.1 Å². The summed E-state index contributed by atoms with van der Waals surface area (Å²) in [5, 5.41) is 6.74. The van der Waals surface area contributed by atoms with E-state index in [9.17, 15) is 0 Å². The van der Waals surface area contributed by atoms with Crippen LogP contribution in [0, 0.1) is 0 Å². The molecule has 2 rings (SSSR count). The van der Waals surface area contributed by atoms with Crippen molar-refractivity contribution in [1.82, 2.24) is 10.6 Å². The molecule has 0 amide bonds. The third-order valence-corrected chi connectivity index (χ3v) is 4.62. The summed E-state index contributed by atoms with van der Waals surface area (Å²) >= 11 is 0. The molecule has 0 spiro atoms. The minimum atomic E-state index is -0.0730. The molecule has 6 nitrogen and oxygen atoms in total. The number of hydrogen-bond acceptors (Lipinski definition) is 4. The van der Waals surface area contributed by atoms with E-state index < -0.39 is 0 Å². The van der Waals surface area contributed by atoms with E-state index >= 15 is 0 Å². The van der Waals surface area contributed by atoms with Crippen molar-refractivity contribution < 1.29 is 14.2 Å². The lowest BCUT2D eigenvalue weighted by Gasteiger charge is -2.24. The zero-order chi connectivity index (χ0) is 18.8. The van der Waals surface area contributed by atoms with Crippen molar-refractivity contribution in [1.29, 1.82) is 0 Å². The molecule has 154 valence electrons. The number of guanidine groups is 1. The number of aliphatic imine (C=N–C) groups is 1. The molecule has 1 aliphatic rings. The van der Waals surface area contributed by atoms with E-state index in [4.69, 9.17) is 14.2 Å². The van der Waals surface area contributed by atoms with E-state index in [0.29, 0.717) is 6.61 Å². The molecule has 7 heteroatoms. The number of ether oxygens (including phenoxy) is 3. The van der Waals surface area contributed by atoms with Crippen molar-refractivity contribution in [3.05, 3.63) is 23.8 Å². The first kappa shape index (κ1) is 23.8. The maximum absolute atomic E-state index is 5.80. The fourth-order valence-electron chi connectivity index (χ4n) is 3.11. The van der Waals surface area contributed by atoms with Crippen LogP contribution in [0.15, 0.2) is 23.2 Å². The van der Waals surface area contributed by atoms with Gasteiger partial charge in [0.1, 0.15) is 0 Å². The SMILES string of the molecule is CCOc1cc(CCCNC(=NC)NCC2(C)CCCO2)ccc1OC.I. The fraction of sp³-hybridized carbons (Fsp3) is 0.650. The van der Waals surface area contributed by atoms with E-state index in [1.54, 1.807) is 14.2 Å². The van der Waals surface area contributed by atoms with Gasteiger partial charge in [0.25, 0.3) is 0 Å². The third-order valence-electron chi connectivity index (χ3n) is 4.62. The molecule has 1 aromatic rings. The third kappa shape index (κ3) is 7.73. The van der Waals surface area contributed by atoms with E-state index in [1.807, 2.05) is 13.0 Å². The maximum atomic E-state index is 5.80. The molecule has 1 atom stereocenters. The molecule has 1 fully saturated rings. The van der Waals surface area contributed by atoms with E-state index in [1.165, 1.54) is 5.56 Å². The Morgan fingerprint density at radius 1 is 1.30 bits per heavy atom. The molecule has 27 heavy (non-hydrogen) atoms. The van der Waals surface area contributed by atoms with Crippen LogP contribution in [0.3, 0.4) is 0 Å². The van der Waals surface area contributed by atoms with Crippen LogP contribution in [0.4, 0.5) is 0 Å². The summed E-state index contributed by atoms with van der Waals surface area (Å²) in [5.41, 5.74) is 1.17. The first-order valence-corrected chi connectivity index (χ1v) is 9.48. The molecule has 1 saturated heterocycles. The Morgan fingerprint density at radius 2 is 2.11 bits per heavy atom. The summed E-state index contributed by atoms with van der Waals surface area (Å²) in [6.45, 7) is 7.25.